The number of sulfonamides is 1. The number of rotatable bonds is 6. The number of fused-ring (bicyclic) bond motifs is 2. The normalized spacial score (nSPS) is 26.4. The molecule has 8 heteroatoms. The van der Waals surface area contributed by atoms with Gasteiger partial charge in [0.05, 0.1) is 4.92 Å². The largest absolute Gasteiger partial charge is 0.379 e. The summed E-state index contributed by atoms with van der Waals surface area (Å²) in [5, 5.41) is 19.4. The molecular weight excluding hydrogens is 318 g/mol. The van der Waals surface area contributed by atoms with Crippen molar-refractivity contribution in [3.63, 3.8) is 0 Å². The molecule has 1 aromatic carbocycles. The first-order chi connectivity index (χ1) is 10.9. The van der Waals surface area contributed by atoms with Gasteiger partial charge in [0.25, 0.3) is 0 Å². The Kier molecular flexibility index (Phi) is 4.29. The van der Waals surface area contributed by atoms with Crippen LogP contribution in [0.5, 0.6) is 0 Å². The van der Waals surface area contributed by atoms with Crippen molar-refractivity contribution in [3.05, 3.63) is 28.3 Å². The monoisotopic (exact) mass is 339 g/mol. The Morgan fingerprint density at radius 1 is 1.30 bits per heavy atom. The second-order valence-corrected chi connectivity index (χ2v) is 8.13. The van der Waals surface area contributed by atoms with Gasteiger partial charge < -0.3 is 5.32 Å². The predicted molar refractivity (Wildman–Crippen MR) is 86.5 cm³/mol. The van der Waals surface area contributed by atoms with Crippen molar-refractivity contribution in [1.82, 2.24) is 0 Å². The van der Waals surface area contributed by atoms with Crippen LogP contribution in [0.3, 0.4) is 0 Å². The first kappa shape index (κ1) is 16.2. The van der Waals surface area contributed by atoms with E-state index >= 15 is 0 Å². The molecule has 126 valence electrons. The molecule has 3 unspecified atom stereocenters. The summed E-state index contributed by atoms with van der Waals surface area (Å²) < 4.78 is 23.1. The molecule has 3 rings (SSSR count). The fourth-order valence-electron chi connectivity index (χ4n) is 4.21. The number of nitrogens with two attached hydrogens (primary N) is 1. The molecule has 0 aromatic heterocycles. The third-order valence-electron chi connectivity index (χ3n) is 5.20. The predicted octanol–water partition coefficient (Wildman–Crippen LogP) is 2.48. The summed E-state index contributed by atoms with van der Waals surface area (Å²) in [5.74, 6) is 2.35. The van der Waals surface area contributed by atoms with E-state index in [0.29, 0.717) is 12.5 Å². The number of benzene rings is 1. The minimum Gasteiger partial charge on any atom is -0.379 e. The summed E-state index contributed by atoms with van der Waals surface area (Å²) in [7, 11) is -4.13. The number of para-hydroxylation sites is 1. The van der Waals surface area contributed by atoms with Crippen LogP contribution in [-0.2, 0) is 10.0 Å². The number of hydrogen-bond acceptors (Lipinski definition) is 5. The molecule has 3 N–H and O–H groups in total. The van der Waals surface area contributed by atoms with E-state index in [2.05, 4.69) is 5.32 Å². The van der Waals surface area contributed by atoms with Gasteiger partial charge in [-0.3, -0.25) is 10.1 Å². The van der Waals surface area contributed by atoms with Crippen LogP contribution < -0.4 is 10.5 Å². The van der Waals surface area contributed by atoms with E-state index in [9.17, 15) is 18.5 Å². The summed E-state index contributed by atoms with van der Waals surface area (Å²) in [6.07, 6.45) is 6.18. The number of nitro groups is 1. The molecule has 0 saturated heterocycles. The summed E-state index contributed by atoms with van der Waals surface area (Å²) in [4.78, 5) is 10.1. The molecule has 0 spiro atoms. The number of primary sulfonamides is 1. The number of nitrogens with zero attached hydrogens (tertiary/aromatic N) is 1. The third kappa shape index (κ3) is 3.32. The van der Waals surface area contributed by atoms with E-state index in [4.69, 9.17) is 5.14 Å². The Labute approximate surface area is 135 Å². The van der Waals surface area contributed by atoms with Crippen LogP contribution in [0.2, 0.25) is 0 Å². The topological polar surface area (TPSA) is 115 Å². The van der Waals surface area contributed by atoms with Crippen LogP contribution in [0, 0.1) is 27.9 Å². The fraction of sp³-hybridized carbons (Fsp3) is 0.600. The molecule has 2 saturated carbocycles. The van der Waals surface area contributed by atoms with Gasteiger partial charge in [-0.2, -0.15) is 0 Å². The lowest BCUT2D eigenvalue weighted by molar-refractivity contribution is -0.386. The van der Waals surface area contributed by atoms with E-state index in [1.165, 1.54) is 37.8 Å². The lowest BCUT2D eigenvalue weighted by Gasteiger charge is -2.21. The maximum atomic E-state index is 11.5. The second-order valence-electron chi connectivity index (χ2n) is 6.60. The molecule has 1 aromatic rings. The van der Waals surface area contributed by atoms with Gasteiger partial charge in [-0.1, -0.05) is 12.5 Å². The van der Waals surface area contributed by atoms with Crippen molar-refractivity contribution in [2.24, 2.45) is 22.9 Å². The average Bonchev–Trinajstić information content (AvgIpc) is 3.08. The SMILES string of the molecule is NS(=O)(=O)c1cccc(NCCC2CC3CCC2C3)c1[N+](=O)[O-]. The Hall–Kier alpha value is -1.67. The number of hydrogen-bond donors (Lipinski definition) is 2. The van der Waals surface area contributed by atoms with Crippen LogP contribution in [0.1, 0.15) is 32.1 Å². The molecule has 0 radical (unpaired) electrons. The van der Waals surface area contributed by atoms with Gasteiger partial charge >= 0.3 is 5.69 Å². The van der Waals surface area contributed by atoms with E-state index in [1.54, 1.807) is 0 Å². The van der Waals surface area contributed by atoms with E-state index in [1.807, 2.05) is 0 Å². The van der Waals surface area contributed by atoms with Crippen molar-refractivity contribution in [1.29, 1.82) is 0 Å². The van der Waals surface area contributed by atoms with Crippen molar-refractivity contribution >= 4 is 21.4 Å². The van der Waals surface area contributed by atoms with Gasteiger partial charge in [0.2, 0.25) is 10.0 Å². The average molecular weight is 339 g/mol. The zero-order valence-corrected chi connectivity index (χ0v) is 13.6. The second kappa shape index (κ2) is 6.09. The summed E-state index contributed by atoms with van der Waals surface area (Å²) in [5.41, 5.74) is -0.257. The molecule has 2 bridgehead atoms. The van der Waals surface area contributed by atoms with E-state index in [0.717, 1.165) is 24.3 Å². The molecule has 0 aliphatic heterocycles. The highest BCUT2D eigenvalue weighted by atomic mass is 32.2. The molecule has 0 heterocycles. The van der Waals surface area contributed by atoms with Crippen LogP contribution in [0.4, 0.5) is 11.4 Å². The zero-order valence-electron chi connectivity index (χ0n) is 12.8. The Bertz CT molecular complexity index is 719. The molecule has 23 heavy (non-hydrogen) atoms. The fourth-order valence-corrected chi connectivity index (χ4v) is 4.93. The zero-order chi connectivity index (χ0) is 16.6. The van der Waals surface area contributed by atoms with E-state index in [-0.39, 0.29) is 5.69 Å². The van der Waals surface area contributed by atoms with Crippen LogP contribution in [0.15, 0.2) is 23.1 Å². The minimum absolute atomic E-state index is 0.213. The maximum Gasteiger partial charge on any atom is 0.312 e. The summed E-state index contributed by atoms with van der Waals surface area (Å²) in [6, 6.07) is 4.15. The highest BCUT2D eigenvalue weighted by molar-refractivity contribution is 7.89. The Balaban J connectivity index is 1.71. The van der Waals surface area contributed by atoms with Crippen LogP contribution in [-0.4, -0.2) is 19.9 Å². The van der Waals surface area contributed by atoms with Gasteiger partial charge in [0.1, 0.15) is 5.69 Å². The summed E-state index contributed by atoms with van der Waals surface area (Å²) in [6.45, 7) is 0.600. The van der Waals surface area contributed by atoms with Crippen molar-refractivity contribution in [2.45, 2.75) is 37.0 Å². The van der Waals surface area contributed by atoms with Gasteiger partial charge in [0, 0.05) is 6.54 Å². The number of nitro benzene ring substituents is 1. The molecule has 2 fully saturated rings. The standard InChI is InChI=1S/C15H21N3O4S/c16-23(21,22)14-3-1-2-13(15(14)18(19)20)17-7-6-12-9-10-4-5-11(12)8-10/h1-3,10-12,17H,4-9H2,(H2,16,21,22). The molecule has 3 atom stereocenters. The smallest absolute Gasteiger partial charge is 0.312 e. The van der Waals surface area contributed by atoms with Crippen LogP contribution in [0.25, 0.3) is 0 Å². The highest BCUT2D eigenvalue weighted by Gasteiger charge is 2.38. The first-order valence-electron chi connectivity index (χ1n) is 7.90. The van der Waals surface area contributed by atoms with Gasteiger partial charge in [-0.25, -0.2) is 13.6 Å². The Morgan fingerprint density at radius 3 is 2.65 bits per heavy atom. The lowest BCUT2D eigenvalue weighted by atomic mass is 9.86. The number of nitrogens with one attached hydrogen (secondary N) is 1. The van der Waals surface area contributed by atoms with Crippen molar-refractivity contribution in [3.8, 4) is 0 Å². The molecule has 2 aliphatic rings. The minimum atomic E-state index is -4.13. The lowest BCUT2D eigenvalue weighted by Crippen LogP contribution is -2.17. The first-order valence-corrected chi connectivity index (χ1v) is 9.45. The maximum absolute atomic E-state index is 11.5. The third-order valence-corrected chi connectivity index (χ3v) is 6.15. The van der Waals surface area contributed by atoms with Gasteiger partial charge in [0.15, 0.2) is 4.90 Å². The number of anilines is 1. The van der Waals surface area contributed by atoms with Gasteiger partial charge in [-0.05, 0) is 55.6 Å². The molecule has 0 amide bonds. The van der Waals surface area contributed by atoms with Crippen LogP contribution >= 0.6 is 0 Å². The van der Waals surface area contributed by atoms with Crippen molar-refractivity contribution < 1.29 is 13.3 Å². The highest BCUT2D eigenvalue weighted by Crippen LogP contribution is 2.49. The van der Waals surface area contributed by atoms with Crippen molar-refractivity contribution in [2.75, 3.05) is 11.9 Å². The Morgan fingerprint density at radius 2 is 2.09 bits per heavy atom. The molecule has 7 nitrogen and oxygen atoms in total. The van der Waals surface area contributed by atoms with Gasteiger partial charge in [-0.15, -0.1) is 0 Å². The summed E-state index contributed by atoms with van der Waals surface area (Å²) >= 11 is 0. The molecular formula is C15H21N3O4S. The quantitative estimate of drug-likeness (QED) is 0.610. The van der Waals surface area contributed by atoms with E-state index < -0.39 is 25.5 Å². The molecule has 2 aliphatic carbocycles.